The van der Waals surface area contributed by atoms with Gasteiger partial charge in [-0.1, -0.05) is 23.4 Å². The van der Waals surface area contributed by atoms with Gasteiger partial charge >= 0.3 is 0 Å². The summed E-state index contributed by atoms with van der Waals surface area (Å²) in [7, 11) is 0. The van der Waals surface area contributed by atoms with Crippen LogP contribution in [0.25, 0.3) is 0 Å². The summed E-state index contributed by atoms with van der Waals surface area (Å²) in [6, 6.07) is 9.50. The minimum Gasteiger partial charge on any atom is -0.493 e. The molecule has 0 unspecified atom stereocenters. The van der Waals surface area contributed by atoms with E-state index in [1.54, 1.807) is 13.0 Å². The highest BCUT2D eigenvalue weighted by molar-refractivity contribution is 5.89. The van der Waals surface area contributed by atoms with Crippen molar-refractivity contribution in [2.75, 3.05) is 11.9 Å². The number of carbonyl (C=O) groups is 1. The molecule has 2 aromatic rings. The van der Waals surface area contributed by atoms with Gasteiger partial charge in [0.15, 0.2) is 0 Å². The number of hydrogen-bond acceptors (Lipinski definition) is 4. The Morgan fingerprint density at radius 2 is 2.15 bits per heavy atom. The van der Waals surface area contributed by atoms with Crippen molar-refractivity contribution in [2.45, 2.75) is 26.7 Å². The number of nitrogens with zero attached hydrogens (tertiary/aromatic N) is 1. The number of nitrogens with one attached hydrogen (secondary N) is 1. The summed E-state index contributed by atoms with van der Waals surface area (Å²) >= 11 is 0. The second-order valence-electron chi connectivity index (χ2n) is 4.60. The standard InChI is InChI=1S/C15H18N2O3/c1-11-6-3-4-7-13(11)19-9-5-8-14(18)16-15-10-12(2)17-20-15/h3-4,6-7,10H,5,8-9H2,1-2H3,(H,16,18). The zero-order chi connectivity index (χ0) is 14.4. The summed E-state index contributed by atoms with van der Waals surface area (Å²) in [5, 5.41) is 6.35. The van der Waals surface area contributed by atoms with Crippen LogP contribution >= 0.6 is 0 Å². The molecule has 0 saturated heterocycles. The van der Waals surface area contributed by atoms with E-state index in [2.05, 4.69) is 10.5 Å². The first-order chi connectivity index (χ1) is 9.65. The van der Waals surface area contributed by atoms with Gasteiger partial charge in [0.2, 0.25) is 11.8 Å². The molecule has 5 nitrogen and oxygen atoms in total. The van der Waals surface area contributed by atoms with Crippen LogP contribution in [0.5, 0.6) is 5.75 Å². The van der Waals surface area contributed by atoms with Crippen LogP contribution in [0.1, 0.15) is 24.1 Å². The molecule has 0 bridgehead atoms. The van der Waals surface area contributed by atoms with Gasteiger partial charge in [-0.25, -0.2) is 0 Å². The van der Waals surface area contributed by atoms with E-state index in [4.69, 9.17) is 9.26 Å². The van der Waals surface area contributed by atoms with Crippen molar-refractivity contribution >= 4 is 11.8 Å². The van der Waals surface area contributed by atoms with Crippen molar-refractivity contribution in [1.82, 2.24) is 5.16 Å². The molecule has 20 heavy (non-hydrogen) atoms. The molecule has 1 aromatic heterocycles. The molecule has 106 valence electrons. The Morgan fingerprint density at radius 1 is 1.35 bits per heavy atom. The van der Waals surface area contributed by atoms with Crippen molar-refractivity contribution in [2.24, 2.45) is 0 Å². The molecule has 0 radical (unpaired) electrons. The van der Waals surface area contributed by atoms with E-state index >= 15 is 0 Å². The lowest BCUT2D eigenvalue weighted by molar-refractivity contribution is -0.116. The molecule has 0 aliphatic rings. The smallest absolute Gasteiger partial charge is 0.231 e. The number of anilines is 1. The van der Waals surface area contributed by atoms with Gasteiger partial charge in [0.05, 0.1) is 12.3 Å². The van der Waals surface area contributed by atoms with Crippen LogP contribution in [0.15, 0.2) is 34.9 Å². The fourth-order valence-electron chi connectivity index (χ4n) is 1.76. The highest BCUT2D eigenvalue weighted by Crippen LogP contribution is 2.16. The molecule has 0 fully saturated rings. The molecule has 1 heterocycles. The van der Waals surface area contributed by atoms with Gasteiger partial charge in [0, 0.05) is 12.5 Å². The van der Waals surface area contributed by atoms with Gasteiger partial charge in [0.1, 0.15) is 5.75 Å². The summed E-state index contributed by atoms with van der Waals surface area (Å²) in [5.74, 6) is 1.14. The largest absolute Gasteiger partial charge is 0.493 e. The normalized spacial score (nSPS) is 10.3. The number of carbonyl (C=O) groups excluding carboxylic acids is 1. The van der Waals surface area contributed by atoms with Crippen LogP contribution < -0.4 is 10.1 Å². The van der Waals surface area contributed by atoms with Gasteiger partial charge in [-0.15, -0.1) is 0 Å². The third-order valence-corrected chi connectivity index (χ3v) is 2.79. The lowest BCUT2D eigenvalue weighted by Gasteiger charge is -2.08. The van der Waals surface area contributed by atoms with Gasteiger partial charge in [0.25, 0.3) is 0 Å². The number of rotatable bonds is 6. The minimum atomic E-state index is -0.102. The molecule has 5 heteroatoms. The Morgan fingerprint density at radius 3 is 2.85 bits per heavy atom. The first-order valence-electron chi connectivity index (χ1n) is 6.57. The van der Waals surface area contributed by atoms with E-state index in [9.17, 15) is 4.79 Å². The molecule has 2 rings (SSSR count). The van der Waals surface area contributed by atoms with Crippen molar-refractivity contribution < 1.29 is 14.1 Å². The van der Waals surface area contributed by atoms with Gasteiger partial charge in [-0.3, -0.25) is 10.1 Å². The Labute approximate surface area is 117 Å². The number of ether oxygens (including phenoxy) is 1. The van der Waals surface area contributed by atoms with Crippen LogP contribution in [-0.2, 0) is 4.79 Å². The van der Waals surface area contributed by atoms with Crippen molar-refractivity contribution in [3.8, 4) is 5.75 Å². The third kappa shape index (κ3) is 4.12. The van der Waals surface area contributed by atoms with Gasteiger partial charge in [-0.05, 0) is 31.9 Å². The fourth-order valence-corrected chi connectivity index (χ4v) is 1.76. The van der Waals surface area contributed by atoms with Crippen molar-refractivity contribution in [3.63, 3.8) is 0 Å². The van der Waals surface area contributed by atoms with E-state index in [1.165, 1.54) is 0 Å². The molecular weight excluding hydrogens is 256 g/mol. The molecule has 0 spiro atoms. The maximum absolute atomic E-state index is 11.6. The fraction of sp³-hybridized carbons (Fsp3) is 0.333. The first-order valence-corrected chi connectivity index (χ1v) is 6.57. The summed E-state index contributed by atoms with van der Waals surface area (Å²) in [6.07, 6.45) is 1.03. The van der Waals surface area contributed by atoms with Crippen molar-refractivity contribution in [1.29, 1.82) is 0 Å². The van der Waals surface area contributed by atoms with Crippen LogP contribution in [-0.4, -0.2) is 17.7 Å². The Hall–Kier alpha value is -2.30. The monoisotopic (exact) mass is 274 g/mol. The average Bonchev–Trinajstić information content (AvgIpc) is 2.82. The van der Waals surface area contributed by atoms with Crippen LogP contribution in [0, 0.1) is 13.8 Å². The lowest BCUT2D eigenvalue weighted by atomic mass is 10.2. The quantitative estimate of drug-likeness (QED) is 0.822. The number of hydrogen-bond donors (Lipinski definition) is 1. The maximum Gasteiger partial charge on any atom is 0.231 e. The highest BCUT2D eigenvalue weighted by Gasteiger charge is 2.06. The second-order valence-corrected chi connectivity index (χ2v) is 4.60. The van der Waals surface area contributed by atoms with Gasteiger partial charge in [-0.2, -0.15) is 0 Å². The molecule has 1 amide bonds. The number of amides is 1. The van der Waals surface area contributed by atoms with E-state index in [0.717, 1.165) is 17.0 Å². The summed E-state index contributed by atoms with van der Waals surface area (Å²) in [6.45, 7) is 4.30. The van der Waals surface area contributed by atoms with E-state index in [1.807, 2.05) is 31.2 Å². The number of benzene rings is 1. The summed E-state index contributed by atoms with van der Waals surface area (Å²) in [5.41, 5.74) is 1.83. The van der Waals surface area contributed by atoms with E-state index in [-0.39, 0.29) is 5.91 Å². The zero-order valence-corrected chi connectivity index (χ0v) is 11.7. The Bertz CT molecular complexity index is 578. The predicted octanol–water partition coefficient (Wildman–Crippen LogP) is 3.09. The predicted molar refractivity (Wildman–Crippen MR) is 75.8 cm³/mol. The summed E-state index contributed by atoms with van der Waals surface area (Å²) in [4.78, 5) is 11.6. The SMILES string of the molecule is Cc1cc(NC(=O)CCCOc2ccccc2C)on1. The Balaban J connectivity index is 1.68. The molecule has 0 aliphatic heterocycles. The first kappa shape index (κ1) is 14.1. The molecule has 0 saturated carbocycles. The highest BCUT2D eigenvalue weighted by atomic mass is 16.5. The average molecular weight is 274 g/mol. The van der Waals surface area contributed by atoms with Gasteiger partial charge < -0.3 is 9.26 Å². The van der Waals surface area contributed by atoms with Crippen molar-refractivity contribution in [3.05, 3.63) is 41.6 Å². The molecule has 0 atom stereocenters. The molecule has 1 aromatic carbocycles. The third-order valence-electron chi connectivity index (χ3n) is 2.79. The number of para-hydroxylation sites is 1. The molecular formula is C15H18N2O3. The summed E-state index contributed by atoms with van der Waals surface area (Å²) < 4.78 is 10.5. The Kier molecular flexibility index (Phi) is 4.76. The molecule has 1 N–H and O–H groups in total. The van der Waals surface area contributed by atoms with Crippen LogP contribution in [0.2, 0.25) is 0 Å². The van der Waals surface area contributed by atoms with Crippen LogP contribution in [0.3, 0.4) is 0 Å². The molecule has 0 aliphatic carbocycles. The number of aryl methyl sites for hydroxylation is 2. The maximum atomic E-state index is 11.6. The lowest BCUT2D eigenvalue weighted by Crippen LogP contribution is -2.12. The zero-order valence-electron chi connectivity index (χ0n) is 11.7. The van der Waals surface area contributed by atoms with E-state index in [0.29, 0.717) is 25.3 Å². The van der Waals surface area contributed by atoms with E-state index < -0.39 is 0 Å². The van der Waals surface area contributed by atoms with Crippen LogP contribution in [0.4, 0.5) is 5.88 Å². The topological polar surface area (TPSA) is 64.4 Å². The number of aromatic nitrogens is 1. The second kappa shape index (κ2) is 6.75. The minimum absolute atomic E-state index is 0.102.